The Labute approximate surface area is 166 Å². The number of nitrogens with one attached hydrogen (secondary N) is 1. The molecule has 0 spiro atoms. The average molecular weight is 427 g/mol. The fourth-order valence-electron chi connectivity index (χ4n) is 3.82. The van der Waals surface area contributed by atoms with Gasteiger partial charge in [0.1, 0.15) is 6.54 Å². The summed E-state index contributed by atoms with van der Waals surface area (Å²) in [5, 5.41) is 1.94. The zero-order valence-electron chi connectivity index (χ0n) is 15.4. The molecule has 1 aliphatic carbocycles. The molecule has 0 bridgehead atoms. The zero-order valence-corrected chi connectivity index (χ0v) is 16.3. The molecule has 0 radical (unpaired) electrons. The molecule has 0 saturated heterocycles. The van der Waals surface area contributed by atoms with Gasteiger partial charge in [-0.05, 0) is 41.2 Å². The van der Waals surface area contributed by atoms with Gasteiger partial charge in [-0.25, -0.2) is 0 Å². The number of rotatable bonds is 7. The molecule has 3 rings (SSSR count). The van der Waals surface area contributed by atoms with Gasteiger partial charge in [0, 0.05) is 17.6 Å². The van der Waals surface area contributed by atoms with Crippen LogP contribution in [-0.2, 0) is 4.57 Å². The second-order valence-corrected chi connectivity index (χ2v) is 8.87. The Kier molecular flexibility index (Phi) is 6.17. The molecule has 0 fully saturated rings. The number of carbonyl (C=O) groups excluding carboxylic acids is 1. The lowest BCUT2D eigenvalue weighted by atomic mass is 9.88. The lowest BCUT2D eigenvalue weighted by molar-refractivity contribution is -0.123. The Morgan fingerprint density at radius 3 is 2.41 bits per heavy atom. The minimum Gasteiger partial charge on any atom is -0.343 e. The normalized spacial score (nSPS) is 15.7. The maximum Gasteiger partial charge on any atom is 0.405 e. The summed E-state index contributed by atoms with van der Waals surface area (Å²) in [4.78, 5) is 30.6. The Bertz CT molecular complexity index is 955. The molecular weight excluding hydrogens is 406 g/mol. The predicted octanol–water partition coefficient (Wildman–Crippen LogP) is 4.44. The zero-order chi connectivity index (χ0) is 21.2. The average Bonchev–Trinajstić information content (AvgIpc) is 2.96. The van der Waals surface area contributed by atoms with Gasteiger partial charge in [0.15, 0.2) is 0 Å². The Hall–Kier alpha value is -2.15. The first kappa shape index (κ1) is 21.6. The van der Waals surface area contributed by atoms with Crippen LogP contribution >= 0.6 is 7.60 Å². The molecule has 29 heavy (non-hydrogen) atoms. The van der Waals surface area contributed by atoms with Gasteiger partial charge in [-0.2, -0.15) is 13.2 Å². The number of unbranched alkanes of at least 4 members (excludes halogenated alkanes) is 1. The summed E-state index contributed by atoms with van der Waals surface area (Å²) < 4.78 is 48.6. The third kappa shape index (κ3) is 5.26. The minimum atomic E-state index is -4.50. The summed E-state index contributed by atoms with van der Waals surface area (Å²) in [6, 6.07) is 12.5. The molecule has 0 aliphatic heterocycles. The van der Waals surface area contributed by atoms with Gasteiger partial charge in [-0.1, -0.05) is 42.8 Å². The van der Waals surface area contributed by atoms with Crippen molar-refractivity contribution in [3.05, 3.63) is 59.2 Å². The fourth-order valence-corrected chi connectivity index (χ4v) is 4.45. The van der Waals surface area contributed by atoms with Gasteiger partial charge < -0.3 is 15.1 Å². The summed E-state index contributed by atoms with van der Waals surface area (Å²) in [5.74, 6) is -1.00. The monoisotopic (exact) mass is 427 g/mol. The summed E-state index contributed by atoms with van der Waals surface area (Å²) in [6.45, 7) is -1.41. The van der Waals surface area contributed by atoms with Crippen LogP contribution in [0.25, 0.3) is 11.1 Å². The van der Waals surface area contributed by atoms with E-state index >= 15 is 0 Å². The molecule has 1 atom stereocenters. The highest BCUT2D eigenvalue weighted by Gasteiger charge is 2.33. The van der Waals surface area contributed by atoms with Crippen LogP contribution in [0.4, 0.5) is 13.2 Å². The van der Waals surface area contributed by atoms with Crippen molar-refractivity contribution in [1.82, 2.24) is 5.32 Å². The van der Waals surface area contributed by atoms with E-state index in [9.17, 15) is 22.5 Å². The molecule has 3 N–H and O–H groups in total. The van der Waals surface area contributed by atoms with Crippen LogP contribution in [0.15, 0.2) is 42.5 Å². The Morgan fingerprint density at radius 2 is 1.72 bits per heavy atom. The van der Waals surface area contributed by atoms with Crippen LogP contribution in [0.1, 0.15) is 46.7 Å². The van der Waals surface area contributed by atoms with E-state index in [1.54, 1.807) is 6.07 Å². The molecule has 2 aromatic rings. The highest BCUT2D eigenvalue weighted by molar-refractivity contribution is 7.51. The molecule has 0 saturated carbocycles. The highest BCUT2D eigenvalue weighted by Crippen LogP contribution is 2.48. The molecule has 2 aromatic carbocycles. The lowest BCUT2D eigenvalue weighted by Crippen LogP contribution is -2.34. The molecule has 5 nitrogen and oxygen atoms in total. The summed E-state index contributed by atoms with van der Waals surface area (Å²) >= 11 is 0. The molecule has 0 heterocycles. The first-order valence-corrected chi connectivity index (χ1v) is 11.0. The summed E-state index contributed by atoms with van der Waals surface area (Å²) in [6.07, 6.45) is -3.35. The van der Waals surface area contributed by atoms with Crippen molar-refractivity contribution < 1.29 is 32.3 Å². The van der Waals surface area contributed by atoms with E-state index in [4.69, 9.17) is 9.79 Å². The number of benzene rings is 2. The second kappa shape index (κ2) is 8.30. The van der Waals surface area contributed by atoms with E-state index in [2.05, 4.69) is 0 Å². The quantitative estimate of drug-likeness (QED) is 0.451. The van der Waals surface area contributed by atoms with E-state index in [-0.39, 0.29) is 17.6 Å². The third-order valence-corrected chi connectivity index (χ3v) is 5.87. The van der Waals surface area contributed by atoms with Crippen LogP contribution in [-0.4, -0.2) is 34.6 Å². The Morgan fingerprint density at radius 1 is 1.03 bits per heavy atom. The van der Waals surface area contributed by atoms with Crippen molar-refractivity contribution in [1.29, 1.82) is 0 Å². The van der Waals surface area contributed by atoms with Crippen molar-refractivity contribution in [2.24, 2.45) is 0 Å². The van der Waals surface area contributed by atoms with Crippen molar-refractivity contribution in [2.45, 2.75) is 31.4 Å². The smallest absolute Gasteiger partial charge is 0.343 e. The SMILES string of the molecule is O=C(NCC(F)(F)F)c1cccc2c1C(CCCCP(=O)(O)O)c1ccccc1-2. The fraction of sp³-hybridized carbons (Fsp3) is 0.350. The van der Waals surface area contributed by atoms with Crippen LogP contribution in [0.3, 0.4) is 0 Å². The van der Waals surface area contributed by atoms with Gasteiger partial charge in [-0.3, -0.25) is 9.36 Å². The van der Waals surface area contributed by atoms with Gasteiger partial charge in [0.2, 0.25) is 0 Å². The molecule has 1 unspecified atom stereocenters. The van der Waals surface area contributed by atoms with Gasteiger partial charge in [-0.15, -0.1) is 0 Å². The summed E-state index contributed by atoms with van der Waals surface area (Å²) in [5.41, 5.74) is 3.57. The topological polar surface area (TPSA) is 86.6 Å². The number of hydrogen-bond donors (Lipinski definition) is 3. The minimum absolute atomic E-state index is 0.197. The lowest BCUT2D eigenvalue weighted by Gasteiger charge is -2.17. The van der Waals surface area contributed by atoms with Gasteiger partial charge in [0.05, 0.1) is 0 Å². The van der Waals surface area contributed by atoms with Crippen molar-refractivity contribution in [3.8, 4) is 11.1 Å². The molecule has 156 valence electrons. The van der Waals surface area contributed by atoms with Crippen LogP contribution in [0.2, 0.25) is 0 Å². The van der Waals surface area contributed by atoms with Crippen molar-refractivity contribution in [3.63, 3.8) is 0 Å². The molecule has 1 aliphatic rings. The van der Waals surface area contributed by atoms with Crippen LogP contribution in [0, 0.1) is 0 Å². The number of carbonyl (C=O) groups is 1. The van der Waals surface area contributed by atoms with E-state index in [1.807, 2.05) is 35.6 Å². The number of fused-ring (bicyclic) bond motifs is 3. The maximum absolute atomic E-state index is 12.5. The summed E-state index contributed by atoms with van der Waals surface area (Å²) in [7, 11) is -4.08. The second-order valence-electron chi connectivity index (χ2n) is 7.09. The Balaban J connectivity index is 1.89. The first-order valence-electron chi connectivity index (χ1n) is 9.18. The van der Waals surface area contributed by atoms with Crippen molar-refractivity contribution in [2.75, 3.05) is 12.7 Å². The van der Waals surface area contributed by atoms with E-state index < -0.39 is 26.2 Å². The van der Waals surface area contributed by atoms with E-state index in [0.29, 0.717) is 24.8 Å². The van der Waals surface area contributed by atoms with Gasteiger partial charge in [0.25, 0.3) is 5.91 Å². The first-order chi connectivity index (χ1) is 13.6. The largest absolute Gasteiger partial charge is 0.405 e. The molecule has 0 aromatic heterocycles. The van der Waals surface area contributed by atoms with E-state index in [1.165, 1.54) is 6.07 Å². The highest BCUT2D eigenvalue weighted by atomic mass is 31.2. The van der Waals surface area contributed by atoms with Gasteiger partial charge >= 0.3 is 13.8 Å². The number of amides is 1. The third-order valence-electron chi connectivity index (χ3n) is 4.97. The van der Waals surface area contributed by atoms with Crippen molar-refractivity contribution >= 4 is 13.5 Å². The molecule has 9 heteroatoms. The number of halogens is 3. The number of hydrogen-bond acceptors (Lipinski definition) is 2. The number of alkyl halides is 3. The van der Waals surface area contributed by atoms with Crippen LogP contribution < -0.4 is 5.32 Å². The standard InChI is InChI=1S/C20H21F3NO4P/c21-20(22,23)12-24-19(25)17-10-5-9-16-14-7-2-1-6-13(14)15(18(16)17)8-3-4-11-29(26,27)28/h1-2,5-7,9-10,15H,3-4,8,11-12H2,(H,24,25)(H2,26,27,28). The molecule has 1 amide bonds. The van der Waals surface area contributed by atoms with E-state index in [0.717, 1.165) is 16.7 Å². The predicted molar refractivity (Wildman–Crippen MR) is 103 cm³/mol. The van der Waals surface area contributed by atoms with Crippen LogP contribution in [0.5, 0.6) is 0 Å². The maximum atomic E-state index is 12.5. The molecular formula is C20H21F3NO4P.